The number of hydrogen-bond donors (Lipinski definition) is 0. The molecule has 110 valence electrons. The molecular formula is C15H17N3O2S. The van der Waals surface area contributed by atoms with Crippen LogP contribution >= 0.6 is 0 Å². The predicted molar refractivity (Wildman–Crippen MR) is 83.1 cm³/mol. The number of aliphatic imine (C=N–C) groups is 1. The van der Waals surface area contributed by atoms with E-state index in [4.69, 9.17) is 0 Å². The van der Waals surface area contributed by atoms with Gasteiger partial charge in [-0.05, 0) is 25.5 Å². The molecule has 6 heteroatoms. The average Bonchev–Trinajstić information content (AvgIpc) is 2.71. The summed E-state index contributed by atoms with van der Waals surface area (Å²) in [7, 11) is -3.55. The van der Waals surface area contributed by atoms with Crippen molar-refractivity contribution in [1.82, 2.24) is 9.29 Å². The molecule has 2 aromatic rings. The van der Waals surface area contributed by atoms with Crippen molar-refractivity contribution >= 4 is 27.0 Å². The van der Waals surface area contributed by atoms with Gasteiger partial charge >= 0.3 is 0 Å². The van der Waals surface area contributed by atoms with E-state index in [0.29, 0.717) is 23.4 Å². The number of aromatic nitrogens is 1. The molecule has 0 unspecified atom stereocenters. The normalized spacial score (nSPS) is 20.5. The molecule has 0 spiro atoms. The van der Waals surface area contributed by atoms with Gasteiger partial charge in [-0.2, -0.15) is 4.31 Å². The first-order chi connectivity index (χ1) is 10.1. The summed E-state index contributed by atoms with van der Waals surface area (Å²) < 4.78 is 27.5. The zero-order valence-electron chi connectivity index (χ0n) is 11.8. The van der Waals surface area contributed by atoms with E-state index in [0.717, 1.165) is 11.8 Å². The van der Waals surface area contributed by atoms with Gasteiger partial charge in [-0.1, -0.05) is 12.1 Å². The van der Waals surface area contributed by atoms with Crippen molar-refractivity contribution in [1.29, 1.82) is 0 Å². The summed E-state index contributed by atoms with van der Waals surface area (Å²) in [6, 6.07) is 6.81. The summed E-state index contributed by atoms with van der Waals surface area (Å²) >= 11 is 0. The van der Waals surface area contributed by atoms with Crippen LogP contribution in [0.15, 0.2) is 46.5 Å². The van der Waals surface area contributed by atoms with Gasteiger partial charge in [0.25, 0.3) is 0 Å². The molecule has 5 nitrogen and oxygen atoms in total. The van der Waals surface area contributed by atoms with Crippen LogP contribution in [0.1, 0.15) is 13.3 Å². The highest BCUT2D eigenvalue weighted by molar-refractivity contribution is 7.89. The van der Waals surface area contributed by atoms with E-state index in [1.54, 1.807) is 36.8 Å². The standard InChI is InChI=1S/C15H17N3O2S/c1-12-10-16-7-3-9-18(12)21(19,20)15-5-2-4-13-11-17-8-6-14(13)15/h2,4-6,8,10-12H,3,7,9H2,1H3/t12-/m1/s1. The second-order valence-corrected chi connectivity index (χ2v) is 6.98. The van der Waals surface area contributed by atoms with Gasteiger partial charge in [0, 0.05) is 42.5 Å². The summed E-state index contributed by atoms with van der Waals surface area (Å²) in [6.07, 6.45) is 5.76. The fraction of sp³-hybridized carbons (Fsp3) is 0.333. The predicted octanol–water partition coefficient (Wildman–Crippen LogP) is 2.09. The number of sulfonamides is 1. The summed E-state index contributed by atoms with van der Waals surface area (Å²) in [6.45, 7) is 3.03. The molecule has 1 atom stereocenters. The van der Waals surface area contributed by atoms with Crippen LogP contribution in [-0.2, 0) is 10.0 Å². The molecule has 0 saturated heterocycles. The monoisotopic (exact) mass is 303 g/mol. The van der Waals surface area contributed by atoms with E-state index >= 15 is 0 Å². The molecule has 0 amide bonds. The van der Waals surface area contributed by atoms with Crippen molar-refractivity contribution in [3.8, 4) is 0 Å². The van der Waals surface area contributed by atoms with Crippen molar-refractivity contribution in [2.75, 3.05) is 13.1 Å². The molecule has 1 aromatic carbocycles. The van der Waals surface area contributed by atoms with Gasteiger partial charge in [-0.3, -0.25) is 9.98 Å². The second-order valence-electron chi connectivity index (χ2n) is 5.12. The van der Waals surface area contributed by atoms with Crippen molar-refractivity contribution in [3.63, 3.8) is 0 Å². The molecule has 2 heterocycles. The molecule has 0 aliphatic carbocycles. The highest BCUT2D eigenvalue weighted by Crippen LogP contribution is 2.26. The minimum absolute atomic E-state index is 0.227. The third kappa shape index (κ3) is 2.56. The first-order valence-corrected chi connectivity index (χ1v) is 8.39. The third-order valence-corrected chi connectivity index (χ3v) is 5.71. The van der Waals surface area contributed by atoms with Gasteiger partial charge in [-0.25, -0.2) is 8.42 Å². The molecule has 0 fully saturated rings. The van der Waals surface area contributed by atoms with Crippen LogP contribution in [-0.4, -0.2) is 43.1 Å². The minimum Gasteiger partial charge on any atom is -0.296 e. The quantitative estimate of drug-likeness (QED) is 0.853. The van der Waals surface area contributed by atoms with E-state index in [1.807, 2.05) is 13.0 Å². The smallest absolute Gasteiger partial charge is 0.244 e. The van der Waals surface area contributed by atoms with Crippen LogP contribution in [0, 0.1) is 0 Å². The molecule has 0 radical (unpaired) electrons. The highest BCUT2D eigenvalue weighted by Gasteiger charge is 2.30. The molecule has 0 saturated carbocycles. The Balaban J connectivity index is 2.14. The molecule has 21 heavy (non-hydrogen) atoms. The molecule has 1 aliphatic rings. The van der Waals surface area contributed by atoms with Gasteiger partial charge in [0.1, 0.15) is 0 Å². The van der Waals surface area contributed by atoms with Gasteiger partial charge in [0.05, 0.1) is 10.9 Å². The van der Waals surface area contributed by atoms with Gasteiger partial charge < -0.3 is 0 Å². The summed E-state index contributed by atoms with van der Waals surface area (Å²) in [4.78, 5) is 8.62. The Morgan fingerprint density at radius 3 is 3.00 bits per heavy atom. The lowest BCUT2D eigenvalue weighted by Gasteiger charge is -2.25. The summed E-state index contributed by atoms with van der Waals surface area (Å²) in [5, 5.41) is 1.54. The van der Waals surface area contributed by atoms with Crippen molar-refractivity contribution < 1.29 is 8.42 Å². The highest BCUT2D eigenvalue weighted by atomic mass is 32.2. The zero-order valence-corrected chi connectivity index (χ0v) is 12.6. The molecule has 1 aliphatic heterocycles. The zero-order chi connectivity index (χ0) is 14.9. The van der Waals surface area contributed by atoms with Crippen LogP contribution in [0.2, 0.25) is 0 Å². The lowest BCUT2D eigenvalue weighted by molar-refractivity contribution is 0.398. The first kappa shape index (κ1) is 14.2. The van der Waals surface area contributed by atoms with Crippen LogP contribution in [0.3, 0.4) is 0 Å². The van der Waals surface area contributed by atoms with E-state index in [1.165, 1.54) is 4.31 Å². The number of benzene rings is 1. The number of fused-ring (bicyclic) bond motifs is 1. The van der Waals surface area contributed by atoms with Crippen LogP contribution in [0.4, 0.5) is 0 Å². The van der Waals surface area contributed by atoms with E-state index < -0.39 is 10.0 Å². The van der Waals surface area contributed by atoms with Crippen molar-refractivity contribution in [3.05, 3.63) is 36.7 Å². The Bertz CT molecular complexity index is 781. The van der Waals surface area contributed by atoms with E-state index in [9.17, 15) is 8.42 Å². The maximum Gasteiger partial charge on any atom is 0.244 e. The van der Waals surface area contributed by atoms with Gasteiger partial charge in [0.15, 0.2) is 0 Å². The SMILES string of the molecule is C[C@@H]1C=NCCCN1S(=O)(=O)c1cccc2cnccc12. The lowest BCUT2D eigenvalue weighted by Crippen LogP contribution is -2.39. The average molecular weight is 303 g/mol. The first-order valence-electron chi connectivity index (χ1n) is 6.95. The molecule has 0 N–H and O–H groups in total. The number of nitrogens with zero attached hydrogens (tertiary/aromatic N) is 3. The minimum atomic E-state index is -3.55. The number of rotatable bonds is 2. The second kappa shape index (κ2) is 5.54. The molecule has 0 bridgehead atoms. The maximum absolute atomic E-state index is 13.0. The van der Waals surface area contributed by atoms with Crippen molar-refractivity contribution in [2.24, 2.45) is 4.99 Å². The number of hydrogen-bond acceptors (Lipinski definition) is 4. The largest absolute Gasteiger partial charge is 0.296 e. The van der Waals surface area contributed by atoms with Crippen LogP contribution in [0.25, 0.3) is 10.8 Å². The molecule has 1 aromatic heterocycles. The Hall–Kier alpha value is -1.79. The van der Waals surface area contributed by atoms with Crippen LogP contribution < -0.4 is 0 Å². The molecule has 3 rings (SSSR count). The Kier molecular flexibility index (Phi) is 3.73. The summed E-state index contributed by atoms with van der Waals surface area (Å²) in [5.74, 6) is 0. The Labute approximate surface area is 124 Å². The summed E-state index contributed by atoms with van der Waals surface area (Å²) in [5.41, 5.74) is 0. The van der Waals surface area contributed by atoms with Crippen molar-refractivity contribution in [2.45, 2.75) is 24.3 Å². The maximum atomic E-state index is 13.0. The Morgan fingerprint density at radius 2 is 2.14 bits per heavy atom. The fourth-order valence-electron chi connectivity index (χ4n) is 2.61. The molecular weight excluding hydrogens is 286 g/mol. The topological polar surface area (TPSA) is 62.6 Å². The van der Waals surface area contributed by atoms with Gasteiger partial charge in [0.2, 0.25) is 10.0 Å². The van der Waals surface area contributed by atoms with Gasteiger partial charge in [-0.15, -0.1) is 0 Å². The van der Waals surface area contributed by atoms with E-state index in [2.05, 4.69) is 9.98 Å². The number of pyridine rings is 1. The van der Waals surface area contributed by atoms with Crippen LogP contribution in [0.5, 0.6) is 0 Å². The van der Waals surface area contributed by atoms with E-state index in [-0.39, 0.29) is 6.04 Å². The third-order valence-electron chi connectivity index (χ3n) is 3.67. The Morgan fingerprint density at radius 1 is 1.29 bits per heavy atom. The fourth-order valence-corrected chi connectivity index (χ4v) is 4.43. The lowest BCUT2D eigenvalue weighted by atomic mass is 10.2.